The number of likely N-dealkylation sites (tertiary alicyclic amines) is 1. The van der Waals surface area contributed by atoms with E-state index in [2.05, 4.69) is 41.2 Å². The fourth-order valence-electron chi connectivity index (χ4n) is 3.05. The zero-order valence-corrected chi connectivity index (χ0v) is 12.6. The highest BCUT2D eigenvalue weighted by Crippen LogP contribution is 2.21. The van der Waals surface area contributed by atoms with Gasteiger partial charge in [0, 0.05) is 29.9 Å². The highest BCUT2D eigenvalue weighted by molar-refractivity contribution is 5.54. The summed E-state index contributed by atoms with van der Waals surface area (Å²) in [7, 11) is 2.23. The summed E-state index contributed by atoms with van der Waals surface area (Å²) in [6.45, 7) is 6.38. The van der Waals surface area contributed by atoms with Gasteiger partial charge in [0.15, 0.2) is 5.65 Å². The van der Waals surface area contributed by atoms with Crippen molar-refractivity contribution in [2.45, 2.75) is 39.2 Å². The number of hydrogen-bond donors (Lipinski definition) is 1. The monoisotopic (exact) mass is 273 g/mol. The third-order valence-electron chi connectivity index (χ3n) is 4.46. The Morgan fingerprint density at radius 2 is 2.25 bits per heavy atom. The maximum Gasteiger partial charge on any atom is 0.157 e. The van der Waals surface area contributed by atoms with Gasteiger partial charge in [-0.2, -0.15) is 9.61 Å². The van der Waals surface area contributed by atoms with Crippen LogP contribution in [0.3, 0.4) is 0 Å². The lowest BCUT2D eigenvalue weighted by atomic mass is 10.1. The van der Waals surface area contributed by atoms with Crippen LogP contribution in [0.1, 0.15) is 30.5 Å². The minimum atomic E-state index is 0.721. The molecule has 5 heteroatoms. The second-order valence-corrected chi connectivity index (χ2v) is 5.76. The average molecular weight is 273 g/mol. The van der Waals surface area contributed by atoms with E-state index in [-0.39, 0.29) is 0 Å². The summed E-state index contributed by atoms with van der Waals surface area (Å²) < 4.78 is 1.90. The first-order chi connectivity index (χ1) is 9.66. The van der Waals surface area contributed by atoms with Gasteiger partial charge in [0.2, 0.25) is 0 Å². The van der Waals surface area contributed by atoms with Crippen molar-refractivity contribution in [3.63, 3.8) is 0 Å². The van der Waals surface area contributed by atoms with Crippen LogP contribution < -0.4 is 5.32 Å². The van der Waals surface area contributed by atoms with Gasteiger partial charge in [-0.25, -0.2) is 4.98 Å². The summed E-state index contributed by atoms with van der Waals surface area (Å²) in [4.78, 5) is 7.01. The predicted octanol–water partition coefficient (Wildman–Crippen LogP) is 2.24. The Kier molecular flexibility index (Phi) is 3.61. The second kappa shape index (κ2) is 5.40. The standard InChI is InChI=1S/C15H23N5/c1-11-12(2)18-14-7-9-17-20(14)15(11)16-8-6-13-5-4-10-19(13)3/h7,9,13,16H,4-6,8,10H2,1-3H3. The molecule has 0 spiro atoms. The van der Waals surface area contributed by atoms with Crippen LogP contribution in [0.2, 0.25) is 0 Å². The van der Waals surface area contributed by atoms with Crippen molar-refractivity contribution in [3.8, 4) is 0 Å². The summed E-state index contributed by atoms with van der Waals surface area (Å²) >= 11 is 0. The van der Waals surface area contributed by atoms with E-state index >= 15 is 0 Å². The first-order valence-electron chi connectivity index (χ1n) is 7.42. The van der Waals surface area contributed by atoms with Crippen molar-refractivity contribution in [2.75, 3.05) is 25.5 Å². The Morgan fingerprint density at radius 3 is 3.00 bits per heavy atom. The van der Waals surface area contributed by atoms with Crippen LogP contribution in [0.5, 0.6) is 0 Å². The fourth-order valence-corrected chi connectivity index (χ4v) is 3.05. The SMILES string of the molecule is Cc1nc2ccnn2c(NCCC2CCCN2C)c1C. The van der Waals surface area contributed by atoms with E-state index in [1.807, 2.05) is 10.6 Å². The van der Waals surface area contributed by atoms with E-state index < -0.39 is 0 Å². The lowest BCUT2D eigenvalue weighted by Crippen LogP contribution is -2.27. The average Bonchev–Trinajstić information content (AvgIpc) is 3.03. The number of aryl methyl sites for hydroxylation is 1. The number of nitrogens with zero attached hydrogens (tertiary/aromatic N) is 4. The fraction of sp³-hybridized carbons (Fsp3) is 0.600. The molecule has 2 aromatic heterocycles. The molecule has 1 saturated heterocycles. The highest BCUT2D eigenvalue weighted by atomic mass is 15.3. The van der Waals surface area contributed by atoms with Crippen LogP contribution in [0.25, 0.3) is 5.65 Å². The number of rotatable bonds is 4. The molecule has 1 N–H and O–H groups in total. The van der Waals surface area contributed by atoms with Crippen LogP contribution in [-0.2, 0) is 0 Å². The van der Waals surface area contributed by atoms with E-state index in [0.29, 0.717) is 0 Å². The molecule has 0 amide bonds. The quantitative estimate of drug-likeness (QED) is 0.928. The molecule has 108 valence electrons. The molecular formula is C15H23N5. The van der Waals surface area contributed by atoms with Gasteiger partial charge < -0.3 is 10.2 Å². The molecule has 5 nitrogen and oxygen atoms in total. The lowest BCUT2D eigenvalue weighted by molar-refractivity contribution is 0.301. The predicted molar refractivity (Wildman–Crippen MR) is 81.2 cm³/mol. The van der Waals surface area contributed by atoms with Gasteiger partial charge in [0.1, 0.15) is 5.82 Å². The van der Waals surface area contributed by atoms with E-state index in [0.717, 1.165) is 29.7 Å². The Bertz CT molecular complexity index is 604. The molecule has 1 unspecified atom stereocenters. The first kappa shape index (κ1) is 13.4. The Hall–Kier alpha value is -1.62. The van der Waals surface area contributed by atoms with Gasteiger partial charge in [-0.15, -0.1) is 0 Å². The Labute approximate surface area is 120 Å². The molecule has 0 aromatic carbocycles. The minimum Gasteiger partial charge on any atom is -0.370 e. The molecule has 0 aliphatic carbocycles. The van der Waals surface area contributed by atoms with Crippen LogP contribution in [0.4, 0.5) is 5.82 Å². The number of aromatic nitrogens is 3. The minimum absolute atomic E-state index is 0.721. The maximum atomic E-state index is 4.55. The number of nitrogens with one attached hydrogen (secondary N) is 1. The van der Waals surface area contributed by atoms with Gasteiger partial charge in [0.25, 0.3) is 0 Å². The van der Waals surface area contributed by atoms with Crippen LogP contribution in [-0.4, -0.2) is 45.7 Å². The van der Waals surface area contributed by atoms with Crippen LogP contribution >= 0.6 is 0 Å². The molecule has 20 heavy (non-hydrogen) atoms. The van der Waals surface area contributed by atoms with Crippen molar-refractivity contribution < 1.29 is 0 Å². The molecule has 1 fully saturated rings. The molecule has 0 radical (unpaired) electrons. The summed E-state index contributed by atoms with van der Waals surface area (Å²) in [6.07, 6.45) is 5.64. The van der Waals surface area contributed by atoms with Crippen molar-refractivity contribution >= 4 is 11.5 Å². The summed E-state index contributed by atoms with van der Waals surface area (Å²) in [5, 5.41) is 7.93. The zero-order valence-electron chi connectivity index (χ0n) is 12.6. The molecule has 3 rings (SSSR count). The highest BCUT2D eigenvalue weighted by Gasteiger charge is 2.20. The van der Waals surface area contributed by atoms with Crippen molar-refractivity contribution in [1.82, 2.24) is 19.5 Å². The van der Waals surface area contributed by atoms with E-state index in [9.17, 15) is 0 Å². The Balaban J connectivity index is 1.73. The van der Waals surface area contributed by atoms with E-state index in [1.54, 1.807) is 6.20 Å². The van der Waals surface area contributed by atoms with Gasteiger partial charge in [-0.3, -0.25) is 0 Å². The molecule has 0 saturated carbocycles. The number of fused-ring (bicyclic) bond motifs is 1. The van der Waals surface area contributed by atoms with Crippen molar-refractivity contribution in [1.29, 1.82) is 0 Å². The molecule has 1 aliphatic rings. The molecule has 0 bridgehead atoms. The summed E-state index contributed by atoms with van der Waals surface area (Å²) in [6, 6.07) is 2.67. The third kappa shape index (κ3) is 2.38. The largest absolute Gasteiger partial charge is 0.370 e. The van der Waals surface area contributed by atoms with Crippen molar-refractivity contribution in [3.05, 3.63) is 23.5 Å². The summed E-state index contributed by atoms with van der Waals surface area (Å²) in [5.74, 6) is 1.08. The molecule has 1 aliphatic heterocycles. The molecule has 1 atom stereocenters. The van der Waals surface area contributed by atoms with Gasteiger partial charge in [0.05, 0.1) is 6.20 Å². The maximum absolute atomic E-state index is 4.55. The van der Waals surface area contributed by atoms with Gasteiger partial charge in [-0.1, -0.05) is 0 Å². The normalized spacial score (nSPS) is 19.9. The molecule has 3 heterocycles. The molecule has 2 aromatic rings. The summed E-state index contributed by atoms with van der Waals surface area (Å²) in [5.41, 5.74) is 3.16. The smallest absolute Gasteiger partial charge is 0.157 e. The van der Waals surface area contributed by atoms with Crippen LogP contribution in [0.15, 0.2) is 12.3 Å². The number of anilines is 1. The third-order valence-corrected chi connectivity index (χ3v) is 4.46. The lowest BCUT2D eigenvalue weighted by Gasteiger charge is -2.20. The topological polar surface area (TPSA) is 45.5 Å². The second-order valence-electron chi connectivity index (χ2n) is 5.76. The molecular weight excluding hydrogens is 250 g/mol. The zero-order chi connectivity index (χ0) is 14.1. The van der Waals surface area contributed by atoms with Gasteiger partial charge in [-0.05, 0) is 46.7 Å². The van der Waals surface area contributed by atoms with Crippen LogP contribution in [0, 0.1) is 13.8 Å². The van der Waals surface area contributed by atoms with Crippen molar-refractivity contribution in [2.24, 2.45) is 0 Å². The van der Waals surface area contributed by atoms with E-state index in [1.165, 1.54) is 31.4 Å². The Morgan fingerprint density at radius 1 is 1.40 bits per heavy atom. The van der Waals surface area contributed by atoms with Gasteiger partial charge >= 0.3 is 0 Å². The number of hydrogen-bond acceptors (Lipinski definition) is 4. The first-order valence-corrected chi connectivity index (χ1v) is 7.42. The van der Waals surface area contributed by atoms with E-state index in [4.69, 9.17) is 0 Å².